The molecule has 1 N–H and O–H groups in total. The van der Waals surface area contributed by atoms with Gasteiger partial charge in [0.1, 0.15) is 16.7 Å². The Morgan fingerprint density at radius 1 is 1.13 bits per heavy atom. The molecule has 0 saturated heterocycles. The summed E-state index contributed by atoms with van der Waals surface area (Å²) >= 11 is 6.45. The van der Waals surface area contributed by atoms with Crippen LogP contribution in [0.1, 0.15) is 78.9 Å². The number of fused-ring (bicyclic) bond motifs is 4. The minimum absolute atomic E-state index is 0.0786. The molecule has 1 fully saturated rings. The van der Waals surface area contributed by atoms with Gasteiger partial charge in [0.25, 0.3) is 5.91 Å². The van der Waals surface area contributed by atoms with E-state index in [4.69, 9.17) is 16.3 Å². The number of carbonyl (C=O) groups is 1. The zero-order valence-corrected chi connectivity index (χ0v) is 28.0. The van der Waals surface area contributed by atoms with Gasteiger partial charge >= 0.3 is 0 Å². The molecule has 1 saturated carbocycles. The summed E-state index contributed by atoms with van der Waals surface area (Å²) in [5.74, 6) is 0.840. The number of hydrogen-bond donors (Lipinski definition) is 1. The maximum Gasteiger partial charge on any atom is 0.263 e. The maximum atomic E-state index is 13.9. The van der Waals surface area contributed by atoms with Crippen LogP contribution in [-0.4, -0.2) is 40.0 Å². The third kappa shape index (κ3) is 5.99. The number of aromatic nitrogens is 1. The van der Waals surface area contributed by atoms with Crippen molar-refractivity contribution in [3.63, 3.8) is 0 Å². The first-order valence-electron chi connectivity index (χ1n) is 16.5. The quantitative estimate of drug-likeness (QED) is 0.216. The van der Waals surface area contributed by atoms with Gasteiger partial charge in [0.15, 0.2) is 0 Å². The molecule has 3 heterocycles. The van der Waals surface area contributed by atoms with Crippen molar-refractivity contribution in [1.82, 2.24) is 9.71 Å². The molecule has 2 aromatic carbocycles. The van der Waals surface area contributed by atoms with E-state index < -0.39 is 16.9 Å². The fourth-order valence-corrected chi connectivity index (χ4v) is 9.22. The van der Waals surface area contributed by atoms with Crippen LogP contribution in [-0.2, 0) is 22.8 Å². The zero-order chi connectivity index (χ0) is 32.0. The molecule has 7 atom stereocenters. The van der Waals surface area contributed by atoms with Crippen LogP contribution in [0.3, 0.4) is 0 Å². The molecule has 242 valence electrons. The molecule has 6 unspecified atom stereocenters. The Morgan fingerprint density at radius 3 is 2.78 bits per heavy atom. The molecule has 1 aromatic heterocycles. The molecule has 2 aliphatic heterocycles. The Bertz CT molecular complexity index is 1680. The normalized spacial score (nSPS) is 31.8. The second-order valence-electron chi connectivity index (χ2n) is 13.8. The van der Waals surface area contributed by atoms with E-state index in [2.05, 4.69) is 45.8 Å². The molecule has 1 amide bonds. The molecule has 46 heavy (non-hydrogen) atoms. The number of anilines is 1. The summed E-state index contributed by atoms with van der Waals surface area (Å²) in [6.45, 7) is 6.07. The van der Waals surface area contributed by atoms with Crippen molar-refractivity contribution in [3.8, 4) is 5.75 Å². The Labute approximate surface area is 278 Å². The fourth-order valence-electron chi connectivity index (χ4n) is 8.00. The first-order valence-corrected chi connectivity index (χ1v) is 18.1. The first kappa shape index (κ1) is 31.4. The highest BCUT2D eigenvalue weighted by Gasteiger charge is 2.44. The molecule has 6 nitrogen and oxygen atoms in total. The summed E-state index contributed by atoms with van der Waals surface area (Å²) in [6.07, 6.45) is 12.0. The maximum absolute atomic E-state index is 13.9. The number of amides is 1. The number of hydrogen-bond acceptors (Lipinski definition) is 5. The lowest BCUT2D eigenvalue weighted by atomic mass is 9.64. The van der Waals surface area contributed by atoms with Gasteiger partial charge in [-0.1, -0.05) is 42.8 Å². The van der Waals surface area contributed by atoms with Crippen LogP contribution in [0.15, 0.2) is 66.9 Å². The number of halogens is 2. The predicted molar refractivity (Wildman–Crippen MR) is 181 cm³/mol. The molecule has 3 aromatic rings. The standard InChI is InChI=1S/C37H41ClFN3O3S/c1-23-5-3-7-30(27-10-15-35(39)40-19-27)31-12-8-28(31)20-42-21-37(16-4-6-25-17-29(38)11-13-32(25)37)22-45-34-14-9-26(18-33(34)42)36(43)41-46(44)24(23)2/h3,7,9-11,13-15,17-19,23-24,28,30-31H,4-6,8,12,16,20-22H2,1-2H3,(H,41,43)/b7-3+/t23?,24?,28?,30?,31?,37-,46?/m0/s1. The van der Waals surface area contributed by atoms with Gasteiger partial charge in [0.2, 0.25) is 5.95 Å². The molecule has 2 aliphatic carbocycles. The Balaban J connectivity index is 1.31. The van der Waals surface area contributed by atoms with Crippen molar-refractivity contribution in [2.75, 3.05) is 24.6 Å². The smallest absolute Gasteiger partial charge is 0.263 e. The van der Waals surface area contributed by atoms with Gasteiger partial charge < -0.3 is 9.64 Å². The first-order chi connectivity index (χ1) is 22.2. The van der Waals surface area contributed by atoms with E-state index in [9.17, 15) is 13.4 Å². The Kier molecular flexibility index (Phi) is 8.70. The number of pyridine rings is 1. The third-order valence-electron chi connectivity index (χ3n) is 11.0. The number of ether oxygens (including phenoxy) is 1. The highest BCUT2D eigenvalue weighted by Crippen LogP contribution is 2.49. The van der Waals surface area contributed by atoms with E-state index in [1.165, 1.54) is 17.2 Å². The van der Waals surface area contributed by atoms with Gasteiger partial charge in [-0.05, 0) is 116 Å². The molecule has 4 aliphatic rings. The van der Waals surface area contributed by atoms with E-state index >= 15 is 0 Å². The lowest BCUT2D eigenvalue weighted by Crippen LogP contribution is -2.49. The van der Waals surface area contributed by atoms with Gasteiger partial charge in [-0.2, -0.15) is 4.39 Å². The second-order valence-corrected chi connectivity index (χ2v) is 15.8. The lowest BCUT2D eigenvalue weighted by Gasteiger charge is -2.46. The van der Waals surface area contributed by atoms with Crippen LogP contribution in [0.4, 0.5) is 10.1 Å². The zero-order valence-electron chi connectivity index (χ0n) is 26.4. The van der Waals surface area contributed by atoms with Crippen molar-refractivity contribution in [1.29, 1.82) is 0 Å². The number of nitrogens with zero attached hydrogens (tertiary/aromatic N) is 2. The monoisotopic (exact) mass is 661 g/mol. The van der Waals surface area contributed by atoms with Crippen molar-refractivity contribution in [2.24, 2.45) is 17.8 Å². The lowest BCUT2D eigenvalue weighted by molar-refractivity contribution is 0.0982. The van der Waals surface area contributed by atoms with Crippen LogP contribution < -0.4 is 14.4 Å². The Hall–Kier alpha value is -3.23. The van der Waals surface area contributed by atoms with E-state index in [0.717, 1.165) is 73.6 Å². The molecule has 0 radical (unpaired) electrons. The van der Waals surface area contributed by atoms with Gasteiger partial charge in [0, 0.05) is 41.2 Å². The summed E-state index contributed by atoms with van der Waals surface area (Å²) in [6, 6.07) is 15.2. The van der Waals surface area contributed by atoms with E-state index in [-0.39, 0.29) is 28.4 Å². The van der Waals surface area contributed by atoms with Crippen molar-refractivity contribution >= 4 is 34.2 Å². The number of aryl methyl sites for hydroxylation is 1. The van der Waals surface area contributed by atoms with Crippen molar-refractivity contribution in [2.45, 2.75) is 69.0 Å². The van der Waals surface area contributed by atoms with Gasteiger partial charge in [-0.3, -0.25) is 9.52 Å². The van der Waals surface area contributed by atoms with E-state index in [1.54, 1.807) is 12.3 Å². The SMILES string of the molecule is CC1C/C=C/C(c2ccc(F)nc2)C2CCC2CN2C[C@@]3(CCCc4cc(Cl)ccc43)COc3ccc(cc32)C(=O)NS(=O)C1C. The van der Waals surface area contributed by atoms with Crippen LogP contribution >= 0.6 is 11.6 Å². The topological polar surface area (TPSA) is 71.5 Å². The van der Waals surface area contributed by atoms with E-state index in [1.807, 2.05) is 31.2 Å². The summed E-state index contributed by atoms with van der Waals surface area (Å²) in [5.41, 5.74) is 4.73. The van der Waals surface area contributed by atoms with E-state index in [0.29, 0.717) is 24.0 Å². The molecular weight excluding hydrogens is 621 g/mol. The van der Waals surface area contributed by atoms with Crippen LogP contribution in [0.2, 0.25) is 5.02 Å². The largest absolute Gasteiger partial charge is 0.490 e. The average Bonchev–Trinajstić information content (AvgIpc) is 3.18. The van der Waals surface area contributed by atoms with Crippen molar-refractivity contribution < 1.29 is 18.1 Å². The third-order valence-corrected chi connectivity index (χ3v) is 12.8. The predicted octanol–water partition coefficient (Wildman–Crippen LogP) is 7.54. The van der Waals surface area contributed by atoms with Crippen molar-refractivity contribution in [3.05, 3.63) is 100 Å². The number of rotatable bonds is 1. The highest BCUT2D eigenvalue weighted by molar-refractivity contribution is 7.84. The molecule has 7 rings (SSSR count). The summed E-state index contributed by atoms with van der Waals surface area (Å²) in [7, 11) is -1.56. The number of nitrogens with one attached hydrogen (secondary N) is 1. The number of carbonyl (C=O) groups excluding carboxylic acids is 1. The summed E-state index contributed by atoms with van der Waals surface area (Å²) < 4.78 is 36.6. The number of allylic oxidation sites excluding steroid dienone is 2. The Morgan fingerprint density at radius 2 is 2.00 bits per heavy atom. The van der Waals surface area contributed by atoms with Gasteiger partial charge in [0.05, 0.1) is 17.5 Å². The number of benzene rings is 2. The highest BCUT2D eigenvalue weighted by atomic mass is 35.5. The molecular formula is C37H41ClFN3O3S. The van der Waals surface area contributed by atoms with Crippen LogP contribution in [0, 0.1) is 23.7 Å². The molecule has 2 bridgehead atoms. The average molecular weight is 662 g/mol. The minimum Gasteiger partial charge on any atom is -0.490 e. The van der Waals surface area contributed by atoms with Gasteiger partial charge in [-0.15, -0.1) is 0 Å². The minimum atomic E-state index is -1.56. The van der Waals surface area contributed by atoms with Crippen LogP contribution in [0.25, 0.3) is 0 Å². The molecule has 1 spiro atoms. The molecule has 9 heteroatoms. The fraction of sp³-hybridized carbons (Fsp3) is 0.459. The summed E-state index contributed by atoms with van der Waals surface area (Å²) in [4.78, 5) is 19.9. The van der Waals surface area contributed by atoms with Gasteiger partial charge in [-0.25, -0.2) is 9.19 Å². The summed E-state index contributed by atoms with van der Waals surface area (Å²) in [5, 5.41) is 0.506. The van der Waals surface area contributed by atoms with Crippen LogP contribution in [0.5, 0.6) is 5.75 Å². The second kappa shape index (κ2) is 12.8.